The fourth-order valence-electron chi connectivity index (χ4n) is 3.74. The van der Waals surface area contributed by atoms with Gasteiger partial charge in [-0.2, -0.15) is 0 Å². The van der Waals surface area contributed by atoms with Crippen molar-refractivity contribution in [2.45, 2.75) is 39.0 Å². The number of hydrogen-bond acceptors (Lipinski definition) is 2. The SMILES string of the molecule is CC(C)CCOc1ccc(C(=O)[C@H](C[NH+]2CCCC2)c2ccccc2)cc1. The van der Waals surface area contributed by atoms with Crippen molar-refractivity contribution in [3.63, 3.8) is 0 Å². The molecule has 2 aromatic rings. The number of Topliss-reactive ketones (excluding diaryl/α,β-unsaturated/α-hetero) is 1. The van der Waals surface area contributed by atoms with Crippen LogP contribution in [0.1, 0.15) is 54.9 Å². The number of rotatable bonds is 9. The minimum absolute atomic E-state index is 0.0768. The zero-order valence-corrected chi connectivity index (χ0v) is 16.6. The summed E-state index contributed by atoms with van der Waals surface area (Å²) in [4.78, 5) is 14.8. The predicted octanol–water partition coefficient (Wildman–Crippen LogP) is 3.76. The molecule has 3 heteroatoms. The number of carbonyl (C=O) groups excluding carboxylic acids is 1. The van der Waals surface area contributed by atoms with Crippen molar-refractivity contribution in [2.24, 2.45) is 5.92 Å². The average Bonchev–Trinajstić information content (AvgIpc) is 3.20. The Morgan fingerprint density at radius 2 is 1.67 bits per heavy atom. The Hall–Kier alpha value is -2.13. The second kappa shape index (κ2) is 9.70. The van der Waals surface area contributed by atoms with E-state index in [-0.39, 0.29) is 11.7 Å². The molecule has 144 valence electrons. The number of nitrogens with one attached hydrogen (secondary N) is 1. The van der Waals surface area contributed by atoms with Crippen molar-refractivity contribution in [3.05, 3.63) is 65.7 Å². The number of ether oxygens (including phenoxy) is 1. The molecule has 1 atom stereocenters. The van der Waals surface area contributed by atoms with Crippen LogP contribution in [0.15, 0.2) is 54.6 Å². The summed E-state index contributed by atoms with van der Waals surface area (Å²) < 4.78 is 5.79. The van der Waals surface area contributed by atoms with E-state index < -0.39 is 0 Å². The van der Waals surface area contributed by atoms with Gasteiger partial charge in [-0.15, -0.1) is 0 Å². The quantitative estimate of drug-likeness (QED) is 0.685. The standard InChI is InChI=1S/C24H31NO2/c1-19(2)14-17-27-22-12-10-21(11-13-22)24(26)23(18-25-15-6-7-16-25)20-8-4-3-5-9-20/h3-5,8-13,19,23H,6-7,14-18H2,1-2H3/p+1/t23-/m1/s1. The maximum Gasteiger partial charge on any atom is 0.175 e. The number of quaternary nitrogens is 1. The topological polar surface area (TPSA) is 30.7 Å². The Morgan fingerprint density at radius 3 is 2.30 bits per heavy atom. The summed E-state index contributed by atoms with van der Waals surface area (Å²) >= 11 is 0. The monoisotopic (exact) mass is 366 g/mol. The summed E-state index contributed by atoms with van der Waals surface area (Å²) in [5, 5.41) is 0. The van der Waals surface area contributed by atoms with Crippen molar-refractivity contribution < 1.29 is 14.4 Å². The molecule has 0 aliphatic carbocycles. The van der Waals surface area contributed by atoms with Crippen LogP contribution in [-0.4, -0.2) is 32.0 Å². The fourth-order valence-corrected chi connectivity index (χ4v) is 3.74. The molecule has 1 fully saturated rings. The molecule has 0 saturated carbocycles. The van der Waals surface area contributed by atoms with Crippen LogP contribution in [0.5, 0.6) is 5.75 Å². The van der Waals surface area contributed by atoms with Crippen LogP contribution < -0.4 is 9.64 Å². The molecule has 0 spiro atoms. The Morgan fingerprint density at radius 1 is 1.00 bits per heavy atom. The summed E-state index contributed by atoms with van der Waals surface area (Å²) in [6.45, 7) is 8.35. The molecule has 3 nitrogen and oxygen atoms in total. The molecule has 1 heterocycles. The lowest BCUT2D eigenvalue weighted by Crippen LogP contribution is -3.10. The Labute approximate surface area is 163 Å². The van der Waals surface area contributed by atoms with E-state index in [2.05, 4.69) is 26.0 Å². The van der Waals surface area contributed by atoms with Gasteiger partial charge in [0.2, 0.25) is 0 Å². The van der Waals surface area contributed by atoms with Gasteiger partial charge >= 0.3 is 0 Å². The van der Waals surface area contributed by atoms with E-state index in [0.29, 0.717) is 5.92 Å². The van der Waals surface area contributed by atoms with Crippen LogP contribution in [0.2, 0.25) is 0 Å². The van der Waals surface area contributed by atoms with Crippen molar-refractivity contribution in [1.82, 2.24) is 0 Å². The first-order chi connectivity index (χ1) is 13.1. The Bertz CT molecular complexity index is 703. The largest absolute Gasteiger partial charge is 0.494 e. The zero-order chi connectivity index (χ0) is 19.1. The van der Waals surface area contributed by atoms with E-state index in [1.54, 1.807) is 4.90 Å². The smallest absolute Gasteiger partial charge is 0.175 e. The van der Waals surface area contributed by atoms with Crippen LogP contribution in [0.4, 0.5) is 0 Å². The Kier molecular flexibility index (Phi) is 7.05. The highest BCUT2D eigenvalue weighted by atomic mass is 16.5. The van der Waals surface area contributed by atoms with E-state index in [0.717, 1.165) is 36.4 Å². The Balaban J connectivity index is 1.71. The van der Waals surface area contributed by atoms with Crippen LogP contribution in [-0.2, 0) is 0 Å². The molecular formula is C24H32NO2+. The molecule has 0 unspecified atom stereocenters. The number of ketones is 1. The summed E-state index contributed by atoms with van der Waals surface area (Å²) in [7, 11) is 0. The number of hydrogen-bond donors (Lipinski definition) is 1. The average molecular weight is 367 g/mol. The first-order valence-corrected chi connectivity index (χ1v) is 10.3. The molecule has 1 saturated heterocycles. The number of carbonyl (C=O) groups is 1. The van der Waals surface area contributed by atoms with Gasteiger partial charge < -0.3 is 9.64 Å². The number of likely N-dealkylation sites (tertiary alicyclic amines) is 1. The van der Waals surface area contributed by atoms with Gasteiger partial charge in [0.05, 0.1) is 32.2 Å². The number of benzene rings is 2. The second-order valence-corrected chi connectivity index (χ2v) is 8.04. The third-order valence-electron chi connectivity index (χ3n) is 5.42. The molecule has 0 radical (unpaired) electrons. The maximum absolute atomic E-state index is 13.3. The zero-order valence-electron chi connectivity index (χ0n) is 16.6. The molecule has 1 aliphatic heterocycles. The highest BCUT2D eigenvalue weighted by Crippen LogP contribution is 2.22. The maximum atomic E-state index is 13.3. The van der Waals surface area contributed by atoms with E-state index in [1.807, 2.05) is 42.5 Å². The summed E-state index contributed by atoms with van der Waals surface area (Å²) in [6.07, 6.45) is 3.58. The lowest BCUT2D eigenvalue weighted by atomic mass is 9.90. The van der Waals surface area contributed by atoms with Crippen LogP contribution in [0.3, 0.4) is 0 Å². The minimum Gasteiger partial charge on any atom is -0.494 e. The molecule has 3 rings (SSSR count). The van der Waals surface area contributed by atoms with Gasteiger partial charge in [0, 0.05) is 18.4 Å². The molecule has 27 heavy (non-hydrogen) atoms. The van der Waals surface area contributed by atoms with Gasteiger partial charge in [0.15, 0.2) is 5.78 Å². The van der Waals surface area contributed by atoms with Gasteiger partial charge in [0.25, 0.3) is 0 Å². The van der Waals surface area contributed by atoms with Gasteiger partial charge in [-0.1, -0.05) is 44.2 Å². The molecular weight excluding hydrogens is 334 g/mol. The third kappa shape index (κ3) is 5.67. The van der Waals surface area contributed by atoms with Gasteiger partial charge in [0.1, 0.15) is 5.75 Å². The van der Waals surface area contributed by atoms with Crippen molar-refractivity contribution in [1.29, 1.82) is 0 Å². The van der Waals surface area contributed by atoms with E-state index in [4.69, 9.17) is 4.74 Å². The first kappa shape index (κ1) is 19.6. The van der Waals surface area contributed by atoms with E-state index in [1.165, 1.54) is 25.9 Å². The summed E-state index contributed by atoms with van der Waals surface area (Å²) in [5.74, 6) is 1.61. The first-order valence-electron chi connectivity index (χ1n) is 10.3. The normalized spacial score (nSPS) is 15.8. The molecule has 2 aromatic carbocycles. The van der Waals surface area contributed by atoms with Gasteiger partial charge in [-0.05, 0) is 42.2 Å². The molecule has 1 aliphatic rings. The third-order valence-corrected chi connectivity index (χ3v) is 5.42. The van der Waals surface area contributed by atoms with Crippen LogP contribution in [0, 0.1) is 5.92 Å². The van der Waals surface area contributed by atoms with E-state index >= 15 is 0 Å². The van der Waals surface area contributed by atoms with Gasteiger partial charge in [-0.25, -0.2) is 0 Å². The molecule has 0 amide bonds. The second-order valence-electron chi connectivity index (χ2n) is 8.04. The van der Waals surface area contributed by atoms with Gasteiger partial charge in [-0.3, -0.25) is 4.79 Å². The highest BCUT2D eigenvalue weighted by Gasteiger charge is 2.28. The summed E-state index contributed by atoms with van der Waals surface area (Å²) in [5.41, 5.74) is 1.90. The molecule has 1 N–H and O–H groups in total. The lowest BCUT2D eigenvalue weighted by Gasteiger charge is -2.21. The fraction of sp³-hybridized carbons (Fsp3) is 0.458. The van der Waals surface area contributed by atoms with E-state index in [9.17, 15) is 4.79 Å². The molecule has 0 aromatic heterocycles. The van der Waals surface area contributed by atoms with Crippen molar-refractivity contribution >= 4 is 5.78 Å². The summed E-state index contributed by atoms with van der Waals surface area (Å²) in [6, 6.07) is 17.9. The molecule has 0 bridgehead atoms. The minimum atomic E-state index is -0.0768. The van der Waals surface area contributed by atoms with Crippen LogP contribution >= 0.6 is 0 Å². The highest BCUT2D eigenvalue weighted by molar-refractivity contribution is 6.01. The lowest BCUT2D eigenvalue weighted by molar-refractivity contribution is -0.887. The van der Waals surface area contributed by atoms with Crippen molar-refractivity contribution in [3.8, 4) is 5.75 Å². The predicted molar refractivity (Wildman–Crippen MR) is 110 cm³/mol. The van der Waals surface area contributed by atoms with Crippen molar-refractivity contribution in [2.75, 3.05) is 26.2 Å². The van der Waals surface area contributed by atoms with Crippen LogP contribution in [0.25, 0.3) is 0 Å².